The van der Waals surface area contributed by atoms with Crippen LogP contribution >= 0.6 is 11.6 Å². The molecule has 0 aromatic heterocycles. The predicted octanol–water partition coefficient (Wildman–Crippen LogP) is -1.53. The summed E-state index contributed by atoms with van der Waals surface area (Å²) in [5.41, 5.74) is 0. The Kier molecular flexibility index (Phi) is 9.65. The summed E-state index contributed by atoms with van der Waals surface area (Å²) in [6.07, 6.45) is 2.05. The molecule has 0 aromatic carbocycles. The van der Waals surface area contributed by atoms with Gasteiger partial charge in [0.15, 0.2) is 0 Å². The normalized spacial score (nSPS) is 13.6. The number of alkyl halides is 1. The van der Waals surface area contributed by atoms with Crippen LogP contribution in [0.15, 0.2) is 0 Å². The van der Waals surface area contributed by atoms with E-state index in [1.807, 2.05) is 0 Å². The van der Waals surface area contributed by atoms with Crippen LogP contribution in [0.4, 0.5) is 0 Å². The summed E-state index contributed by atoms with van der Waals surface area (Å²) in [5, 5.41) is 9.35. The van der Waals surface area contributed by atoms with Crippen LogP contribution in [0.3, 0.4) is 0 Å². The predicted molar refractivity (Wildman–Crippen MR) is 53.5 cm³/mol. The fraction of sp³-hybridized carbons (Fsp3) is 1.00. The molecule has 0 amide bonds. The smallest absolute Gasteiger partial charge is 0.116 e. The summed E-state index contributed by atoms with van der Waals surface area (Å²) in [6, 6.07) is 0. The van der Waals surface area contributed by atoms with Gasteiger partial charge in [0, 0.05) is 0 Å². The first kappa shape index (κ1) is 15.9. The number of aliphatic hydroxyl groups is 1. The van der Waals surface area contributed by atoms with E-state index < -0.39 is 0 Å². The van der Waals surface area contributed by atoms with Gasteiger partial charge in [-0.3, -0.25) is 0 Å². The minimum Gasteiger partial charge on any atom is -1.00 e. The van der Waals surface area contributed by atoms with Crippen LogP contribution in [0.1, 0.15) is 19.8 Å². The molecule has 0 rings (SSSR count). The molecule has 2 nitrogen and oxygen atoms in total. The van der Waals surface area contributed by atoms with Crippen molar-refractivity contribution >= 4 is 11.6 Å². The highest BCUT2D eigenvalue weighted by Crippen LogP contribution is 2.04. The minimum atomic E-state index is -0.362. The molecule has 0 heterocycles. The second kappa shape index (κ2) is 7.86. The van der Waals surface area contributed by atoms with Crippen molar-refractivity contribution in [1.82, 2.24) is 0 Å². The van der Waals surface area contributed by atoms with Crippen molar-refractivity contribution in [3.05, 3.63) is 0 Å². The van der Waals surface area contributed by atoms with Crippen molar-refractivity contribution in [3.8, 4) is 0 Å². The van der Waals surface area contributed by atoms with Gasteiger partial charge in [0.1, 0.15) is 12.6 Å². The topological polar surface area (TPSA) is 20.2 Å². The summed E-state index contributed by atoms with van der Waals surface area (Å²) in [5.74, 6) is 0.341. The quantitative estimate of drug-likeness (QED) is 0.433. The number of unbranched alkanes of at least 4 members (excludes halogenated alkanes) is 1. The number of hydrogen-bond donors (Lipinski definition) is 1. The molecule has 0 aromatic rings. The van der Waals surface area contributed by atoms with Crippen molar-refractivity contribution in [2.75, 3.05) is 33.1 Å². The van der Waals surface area contributed by atoms with Crippen molar-refractivity contribution in [2.45, 2.75) is 25.9 Å². The van der Waals surface area contributed by atoms with Crippen LogP contribution in [0.2, 0.25) is 0 Å². The second-order valence-corrected chi connectivity index (χ2v) is 4.31. The lowest BCUT2D eigenvalue weighted by atomic mass is 10.2. The summed E-state index contributed by atoms with van der Waals surface area (Å²) < 4.78 is 0.863. The van der Waals surface area contributed by atoms with Crippen LogP contribution in [0.25, 0.3) is 0 Å². The third-order valence-corrected chi connectivity index (χ3v) is 2.36. The number of hydrogen-bond acceptors (Lipinski definition) is 1. The molecule has 1 unspecified atom stereocenters. The minimum absolute atomic E-state index is 0. The third-order valence-electron chi connectivity index (χ3n) is 2.00. The molecule has 4 heteroatoms. The van der Waals surface area contributed by atoms with E-state index in [2.05, 4.69) is 21.0 Å². The average molecular weight is 230 g/mol. The van der Waals surface area contributed by atoms with Gasteiger partial charge >= 0.3 is 0 Å². The van der Waals surface area contributed by atoms with Crippen LogP contribution < -0.4 is 12.4 Å². The summed E-state index contributed by atoms with van der Waals surface area (Å²) in [4.78, 5) is 0. The van der Waals surface area contributed by atoms with Gasteiger partial charge in [-0.25, -0.2) is 0 Å². The molecular formula is C9H21Cl2NO. The molecule has 1 atom stereocenters. The standard InChI is InChI=1S/C9H21ClNO.ClH/c1-4-5-6-11(2,3)8-9(12)7-10;/h9,12H,4-8H2,1-3H3;1H/q+1;/p-1. The number of likely N-dealkylation sites (N-methyl/N-ethyl adjacent to an activating group) is 1. The van der Waals surface area contributed by atoms with Crippen LogP contribution in [-0.2, 0) is 0 Å². The van der Waals surface area contributed by atoms with E-state index in [1.165, 1.54) is 12.8 Å². The molecule has 0 aliphatic rings. The SMILES string of the molecule is CCCC[N+](C)(C)CC(O)CCl.[Cl-]. The molecular weight excluding hydrogens is 209 g/mol. The van der Waals surface area contributed by atoms with Gasteiger partial charge in [-0.15, -0.1) is 11.6 Å². The van der Waals surface area contributed by atoms with Gasteiger partial charge in [0.25, 0.3) is 0 Å². The van der Waals surface area contributed by atoms with Gasteiger partial charge in [-0.1, -0.05) is 13.3 Å². The number of aliphatic hydroxyl groups excluding tert-OH is 1. The first-order valence-corrected chi connectivity index (χ1v) is 5.11. The number of nitrogens with zero attached hydrogens (tertiary/aromatic N) is 1. The van der Waals surface area contributed by atoms with E-state index >= 15 is 0 Å². The largest absolute Gasteiger partial charge is 1.00 e. The molecule has 0 aliphatic carbocycles. The van der Waals surface area contributed by atoms with Crippen LogP contribution in [0, 0.1) is 0 Å². The van der Waals surface area contributed by atoms with Gasteiger partial charge in [0.2, 0.25) is 0 Å². The number of halogens is 2. The van der Waals surface area contributed by atoms with Crippen LogP contribution in [-0.4, -0.2) is 48.8 Å². The highest BCUT2D eigenvalue weighted by atomic mass is 35.5. The number of quaternary nitrogens is 1. The van der Waals surface area contributed by atoms with Crippen molar-refractivity contribution < 1.29 is 22.0 Å². The Bertz CT molecular complexity index is 120. The van der Waals surface area contributed by atoms with Crippen molar-refractivity contribution in [1.29, 1.82) is 0 Å². The second-order valence-electron chi connectivity index (χ2n) is 4.00. The molecule has 0 fully saturated rings. The maximum Gasteiger partial charge on any atom is 0.116 e. The lowest BCUT2D eigenvalue weighted by Crippen LogP contribution is -3.00. The zero-order valence-corrected chi connectivity index (χ0v) is 10.3. The highest BCUT2D eigenvalue weighted by molar-refractivity contribution is 6.18. The summed E-state index contributed by atoms with van der Waals surface area (Å²) in [6.45, 7) is 4.05. The van der Waals surface area contributed by atoms with Gasteiger partial charge in [0.05, 0.1) is 26.5 Å². The Morgan fingerprint density at radius 3 is 2.31 bits per heavy atom. The summed E-state index contributed by atoms with van der Waals surface area (Å²) in [7, 11) is 4.26. The number of rotatable bonds is 6. The molecule has 0 aliphatic heterocycles. The highest BCUT2D eigenvalue weighted by Gasteiger charge is 2.18. The summed E-state index contributed by atoms with van der Waals surface area (Å²) >= 11 is 5.53. The zero-order chi connectivity index (χ0) is 9.61. The third kappa shape index (κ3) is 8.82. The lowest BCUT2D eigenvalue weighted by molar-refractivity contribution is -0.893. The Morgan fingerprint density at radius 1 is 1.38 bits per heavy atom. The average Bonchev–Trinajstić information content (AvgIpc) is 2.00. The molecule has 0 saturated heterocycles. The van der Waals surface area contributed by atoms with Crippen molar-refractivity contribution in [2.24, 2.45) is 0 Å². The van der Waals surface area contributed by atoms with Gasteiger partial charge in [-0.05, 0) is 6.42 Å². The van der Waals surface area contributed by atoms with E-state index in [0.29, 0.717) is 5.88 Å². The Balaban J connectivity index is 0. The maximum atomic E-state index is 9.35. The molecule has 0 bridgehead atoms. The van der Waals surface area contributed by atoms with E-state index in [1.54, 1.807) is 0 Å². The monoisotopic (exact) mass is 229 g/mol. The molecule has 1 N–H and O–H groups in total. The fourth-order valence-electron chi connectivity index (χ4n) is 1.30. The Morgan fingerprint density at radius 2 is 1.92 bits per heavy atom. The van der Waals surface area contributed by atoms with E-state index in [4.69, 9.17) is 11.6 Å². The van der Waals surface area contributed by atoms with E-state index in [-0.39, 0.29) is 18.5 Å². The molecule has 0 radical (unpaired) electrons. The maximum absolute atomic E-state index is 9.35. The molecule has 0 spiro atoms. The van der Waals surface area contributed by atoms with E-state index in [0.717, 1.165) is 17.6 Å². The first-order chi connectivity index (χ1) is 5.52. The Labute approximate surface area is 92.9 Å². The molecule has 0 saturated carbocycles. The lowest BCUT2D eigenvalue weighted by Gasteiger charge is -2.31. The van der Waals surface area contributed by atoms with Crippen molar-refractivity contribution in [3.63, 3.8) is 0 Å². The zero-order valence-electron chi connectivity index (χ0n) is 8.76. The molecule has 82 valence electrons. The van der Waals surface area contributed by atoms with E-state index in [9.17, 15) is 5.11 Å². The molecule has 13 heavy (non-hydrogen) atoms. The van der Waals surface area contributed by atoms with Gasteiger partial charge in [-0.2, -0.15) is 0 Å². The fourth-order valence-corrected chi connectivity index (χ4v) is 1.39. The Hall–Kier alpha value is 0.500. The first-order valence-electron chi connectivity index (χ1n) is 4.58. The van der Waals surface area contributed by atoms with Crippen LogP contribution in [0.5, 0.6) is 0 Å². The van der Waals surface area contributed by atoms with Gasteiger partial charge < -0.3 is 22.0 Å².